The van der Waals surface area contributed by atoms with E-state index in [9.17, 15) is 9.90 Å². The Kier molecular flexibility index (Phi) is 3.93. The van der Waals surface area contributed by atoms with E-state index in [1.165, 1.54) is 23.8 Å². The van der Waals surface area contributed by atoms with Gasteiger partial charge in [0.15, 0.2) is 0 Å². The van der Waals surface area contributed by atoms with E-state index < -0.39 is 5.60 Å². The SMILES string of the molecule is CC(C)n1cc2ccc(CC3CC4(C3)CN(C(=O)C3CC(C)(O)C3)C4)cc2n1. The summed E-state index contributed by atoms with van der Waals surface area (Å²) in [5.41, 5.74) is 2.24. The minimum atomic E-state index is -0.615. The van der Waals surface area contributed by atoms with Crippen LogP contribution in [0.5, 0.6) is 0 Å². The van der Waals surface area contributed by atoms with Crippen molar-refractivity contribution in [2.75, 3.05) is 13.1 Å². The first kappa shape index (κ1) is 18.2. The lowest BCUT2D eigenvalue weighted by Crippen LogP contribution is -2.66. The molecule has 1 N–H and O–H groups in total. The lowest BCUT2D eigenvalue weighted by Gasteiger charge is -2.60. The van der Waals surface area contributed by atoms with Crippen molar-refractivity contribution in [3.8, 4) is 0 Å². The zero-order valence-electron chi connectivity index (χ0n) is 17.2. The highest BCUT2D eigenvalue weighted by atomic mass is 16.3. The van der Waals surface area contributed by atoms with Crippen LogP contribution in [0.2, 0.25) is 0 Å². The molecule has 1 aromatic heterocycles. The lowest BCUT2D eigenvalue weighted by molar-refractivity contribution is -0.171. The summed E-state index contributed by atoms with van der Waals surface area (Å²) in [5, 5.41) is 15.8. The number of likely N-dealkylation sites (tertiary alicyclic amines) is 1. The summed E-state index contributed by atoms with van der Waals surface area (Å²) in [7, 11) is 0. The van der Waals surface area contributed by atoms with Crippen molar-refractivity contribution >= 4 is 16.8 Å². The molecule has 5 heteroatoms. The first-order chi connectivity index (χ1) is 13.2. The van der Waals surface area contributed by atoms with Crippen LogP contribution in [0.3, 0.4) is 0 Å². The summed E-state index contributed by atoms with van der Waals surface area (Å²) in [6.45, 7) is 7.99. The Morgan fingerprint density at radius 3 is 2.61 bits per heavy atom. The summed E-state index contributed by atoms with van der Waals surface area (Å²) in [4.78, 5) is 14.5. The molecule has 1 aliphatic heterocycles. The zero-order chi connectivity index (χ0) is 19.7. The van der Waals surface area contributed by atoms with Crippen molar-refractivity contribution in [2.24, 2.45) is 17.3 Å². The van der Waals surface area contributed by atoms with Crippen LogP contribution in [0.1, 0.15) is 58.1 Å². The fourth-order valence-corrected chi connectivity index (χ4v) is 5.73. The van der Waals surface area contributed by atoms with Crippen LogP contribution in [0.4, 0.5) is 0 Å². The zero-order valence-corrected chi connectivity index (χ0v) is 17.2. The number of hydrogen-bond donors (Lipinski definition) is 1. The van der Waals surface area contributed by atoms with Crippen LogP contribution >= 0.6 is 0 Å². The third-order valence-corrected chi connectivity index (χ3v) is 7.17. The molecule has 2 heterocycles. The maximum atomic E-state index is 12.5. The van der Waals surface area contributed by atoms with Crippen molar-refractivity contribution in [2.45, 2.75) is 64.5 Å². The molecule has 1 aromatic carbocycles. The van der Waals surface area contributed by atoms with Crippen molar-refractivity contribution in [1.82, 2.24) is 14.7 Å². The molecule has 0 atom stereocenters. The van der Waals surface area contributed by atoms with Gasteiger partial charge in [-0.2, -0.15) is 5.10 Å². The molecule has 5 rings (SSSR count). The molecule has 3 fully saturated rings. The molecule has 5 nitrogen and oxygen atoms in total. The standard InChI is InChI=1S/C23H31N3O2/c1-15(2)26-12-18-5-4-16(7-20(18)24-26)6-17-8-23(9-17)13-25(14-23)21(27)19-10-22(3,28)11-19/h4-5,7,12,15,17,19,28H,6,8-11,13-14H2,1-3H3. The first-order valence-corrected chi connectivity index (χ1v) is 10.7. The van der Waals surface area contributed by atoms with E-state index in [2.05, 4.69) is 38.2 Å². The number of nitrogens with zero attached hydrogens (tertiary/aromatic N) is 3. The Morgan fingerprint density at radius 2 is 1.96 bits per heavy atom. The molecule has 2 aliphatic carbocycles. The monoisotopic (exact) mass is 381 g/mol. The maximum Gasteiger partial charge on any atom is 0.225 e. The van der Waals surface area contributed by atoms with Gasteiger partial charge in [0.2, 0.25) is 5.91 Å². The fraction of sp³-hybridized carbons (Fsp3) is 0.652. The molecule has 150 valence electrons. The summed E-state index contributed by atoms with van der Waals surface area (Å²) in [5.74, 6) is 1.05. The topological polar surface area (TPSA) is 58.4 Å². The second-order valence-electron chi connectivity index (χ2n) is 10.4. The highest BCUT2D eigenvalue weighted by Crippen LogP contribution is 2.54. The van der Waals surface area contributed by atoms with Crippen molar-refractivity contribution in [3.63, 3.8) is 0 Å². The Labute approximate surface area is 166 Å². The van der Waals surface area contributed by atoms with E-state index in [0.717, 1.165) is 30.9 Å². The molecule has 2 saturated carbocycles. The van der Waals surface area contributed by atoms with Gasteiger partial charge < -0.3 is 10.0 Å². The van der Waals surface area contributed by atoms with Crippen LogP contribution in [-0.2, 0) is 11.2 Å². The largest absolute Gasteiger partial charge is 0.390 e. The third kappa shape index (κ3) is 3.04. The second-order valence-corrected chi connectivity index (χ2v) is 10.4. The van der Waals surface area contributed by atoms with E-state index in [0.29, 0.717) is 24.3 Å². The van der Waals surface area contributed by atoms with E-state index in [-0.39, 0.29) is 11.8 Å². The maximum absolute atomic E-state index is 12.5. The van der Waals surface area contributed by atoms with Gasteiger partial charge in [-0.05, 0) is 70.4 Å². The van der Waals surface area contributed by atoms with Crippen molar-refractivity contribution in [3.05, 3.63) is 30.0 Å². The highest BCUT2D eigenvalue weighted by Gasteiger charge is 2.55. The number of fused-ring (bicyclic) bond motifs is 1. The van der Waals surface area contributed by atoms with Crippen molar-refractivity contribution in [1.29, 1.82) is 0 Å². The summed E-state index contributed by atoms with van der Waals surface area (Å²) in [6, 6.07) is 7.08. The average Bonchev–Trinajstić information content (AvgIpc) is 2.96. The van der Waals surface area contributed by atoms with Gasteiger partial charge in [0.1, 0.15) is 0 Å². The van der Waals surface area contributed by atoms with Crippen molar-refractivity contribution < 1.29 is 9.90 Å². The first-order valence-electron chi connectivity index (χ1n) is 10.7. The van der Waals surface area contributed by atoms with Crippen LogP contribution < -0.4 is 0 Å². The number of carbonyl (C=O) groups excluding carboxylic acids is 1. The van der Waals surface area contributed by atoms with Gasteiger partial charge in [-0.15, -0.1) is 0 Å². The number of hydrogen-bond acceptors (Lipinski definition) is 3. The molecular weight excluding hydrogens is 350 g/mol. The van der Waals surface area contributed by atoms with Gasteiger partial charge in [0, 0.05) is 42.0 Å². The van der Waals surface area contributed by atoms with E-state index >= 15 is 0 Å². The number of aromatic nitrogens is 2. The normalized spacial score (nSPS) is 29.0. The Bertz CT molecular complexity index is 907. The van der Waals surface area contributed by atoms with Crippen LogP contribution in [0.15, 0.2) is 24.4 Å². The number of rotatable bonds is 4. The summed E-state index contributed by atoms with van der Waals surface area (Å²) < 4.78 is 2.04. The molecule has 2 aromatic rings. The lowest BCUT2D eigenvalue weighted by atomic mass is 9.56. The molecule has 1 saturated heterocycles. The molecule has 1 spiro atoms. The molecule has 0 unspecified atom stereocenters. The van der Waals surface area contributed by atoms with E-state index in [1.54, 1.807) is 0 Å². The molecule has 3 aliphatic rings. The number of carbonyl (C=O) groups is 1. The Hall–Kier alpha value is -1.88. The average molecular weight is 382 g/mol. The summed E-state index contributed by atoms with van der Waals surface area (Å²) in [6.07, 6.45) is 6.98. The van der Waals surface area contributed by atoms with Gasteiger partial charge >= 0.3 is 0 Å². The van der Waals surface area contributed by atoms with Gasteiger partial charge in [0.25, 0.3) is 0 Å². The van der Waals surface area contributed by atoms with Gasteiger partial charge in [-0.3, -0.25) is 9.48 Å². The van der Waals surface area contributed by atoms with Crippen LogP contribution in [0, 0.1) is 17.3 Å². The fourth-order valence-electron chi connectivity index (χ4n) is 5.73. The Balaban J connectivity index is 1.13. The van der Waals surface area contributed by atoms with Crippen LogP contribution in [0.25, 0.3) is 10.9 Å². The summed E-state index contributed by atoms with van der Waals surface area (Å²) >= 11 is 0. The molecule has 0 radical (unpaired) electrons. The van der Waals surface area contributed by atoms with Gasteiger partial charge in [0.05, 0.1) is 11.1 Å². The predicted octanol–water partition coefficient (Wildman–Crippen LogP) is 3.56. The third-order valence-electron chi connectivity index (χ3n) is 7.17. The Morgan fingerprint density at radius 1 is 1.25 bits per heavy atom. The van der Waals surface area contributed by atoms with Gasteiger partial charge in [-0.1, -0.05) is 12.1 Å². The molecule has 28 heavy (non-hydrogen) atoms. The van der Waals surface area contributed by atoms with Crippen LogP contribution in [-0.4, -0.2) is 44.4 Å². The van der Waals surface area contributed by atoms with E-state index in [4.69, 9.17) is 5.10 Å². The molecule has 1 amide bonds. The number of amides is 1. The van der Waals surface area contributed by atoms with Gasteiger partial charge in [-0.25, -0.2) is 0 Å². The predicted molar refractivity (Wildman–Crippen MR) is 109 cm³/mol. The molecular formula is C23H31N3O2. The quantitative estimate of drug-likeness (QED) is 0.881. The van der Waals surface area contributed by atoms with E-state index in [1.807, 2.05) is 16.5 Å². The second kappa shape index (κ2) is 6.06. The molecule has 0 bridgehead atoms. The number of benzene rings is 1. The minimum Gasteiger partial charge on any atom is -0.390 e. The highest BCUT2D eigenvalue weighted by molar-refractivity contribution is 5.81. The number of aliphatic hydroxyl groups is 1. The minimum absolute atomic E-state index is 0.0561. The smallest absolute Gasteiger partial charge is 0.225 e.